The monoisotopic (exact) mass is 173 g/mol. The van der Waals surface area contributed by atoms with E-state index >= 15 is 0 Å². The van der Waals surface area contributed by atoms with Gasteiger partial charge in [-0.25, -0.2) is 0 Å². The van der Waals surface area contributed by atoms with Crippen molar-refractivity contribution in [3.8, 4) is 0 Å². The highest BCUT2D eigenvalue weighted by atomic mass is 16.4. The van der Waals surface area contributed by atoms with Gasteiger partial charge in [0.2, 0.25) is 5.91 Å². The second-order valence-electron chi connectivity index (χ2n) is 3.24. The average molecular weight is 173 g/mol. The van der Waals surface area contributed by atoms with Crippen molar-refractivity contribution in [3.05, 3.63) is 0 Å². The molecule has 0 spiro atoms. The lowest BCUT2D eigenvalue weighted by atomic mass is 9.78. The molecule has 0 radical (unpaired) electrons. The van der Waals surface area contributed by atoms with E-state index in [4.69, 9.17) is 5.11 Å². The number of nitrogens with one attached hydrogen (secondary N) is 1. The van der Waals surface area contributed by atoms with Crippen molar-refractivity contribution in [2.24, 2.45) is 11.3 Å². The Hall–Kier alpha value is -1.06. The molecule has 0 heterocycles. The van der Waals surface area contributed by atoms with Gasteiger partial charge in [0, 0.05) is 7.05 Å². The summed E-state index contributed by atoms with van der Waals surface area (Å²) in [5.41, 5.74) is -1.32. The first-order valence-electron chi connectivity index (χ1n) is 3.83. The molecule has 0 fully saturated rings. The highest BCUT2D eigenvalue weighted by Crippen LogP contribution is 2.27. The molecule has 0 aromatic rings. The van der Waals surface area contributed by atoms with Gasteiger partial charge in [-0.15, -0.1) is 0 Å². The van der Waals surface area contributed by atoms with E-state index in [0.29, 0.717) is 0 Å². The van der Waals surface area contributed by atoms with Crippen molar-refractivity contribution in [2.75, 3.05) is 7.05 Å². The van der Waals surface area contributed by atoms with Gasteiger partial charge in [-0.1, -0.05) is 13.8 Å². The molecule has 1 amide bonds. The second-order valence-corrected chi connectivity index (χ2v) is 3.24. The molecule has 0 aromatic carbocycles. The van der Waals surface area contributed by atoms with E-state index in [1.807, 2.05) is 0 Å². The molecule has 0 bridgehead atoms. The van der Waals surface area contributed by atoms with E-state index in [1.54, 1.807) is 13.8 Å². The summed E-state index contributed by atoms with van der Waals surface area (Å²) in [4.78, 5) is 22.0. The maximum absolute atomic E-state index is 11.2. The summed E-state index contributed by atoms with van der Waals surface area (Å²) in [6, 6.07) is 0. The highest BCUT2D eigenvalue weighted by Gasteiger charge is 2.43. The first-order chi connectivity index (χ1) is 5.37. The van der Waals surface area contributed by atoms with Crippen molar-refractivity contribution >= 4 is 11.9 Å². The van der Waals surface area contributed by atoms with Crippen LogP contribution in [-0.2, 0) is 9.59 Å². The largest absolute Gasteiger partial charge is 0.480 e. The Morgan fingerprint density at radius 2 is 1.83 bits per heavy atom. The van der Waals surface area contributed by atoms with Crippen LogP contribution in [0.15, 0.2) is 0 Å². The van der Waals surface area contributed by atoms with Gasteiger partial charge in [0.05, 0.1) is 0 Å². The van der Waals surface area contributed by atoms with Crippen LogP contribution in [0.3, 0.4) is 0 Å². The Morgan fingerprint density at radius 1 is 1.42 bits per heavy atom. The van der Waals surface area contributed by atoms with Crippen LogP contribution in [0, 0.1) is 11.3 Å². The molecule has 1 unspecified atom stereocenters. The number of carboxylic acids is 1. The van der Waals surface area contributed by atoms with Gasteiger partial charge in [0.1, 0.15) is 5.41 Å². The Kier molecular flexibility index (Phi) is 3.24. The molecule has 1 atom stereocenters. The fourth-order valence-electron chi connectivity index (χ4n) is 0.866. The van der Waals surface area contributed by atoms with E-state index in [2.05, 4.69) is 5.32 Å². The summed E-state index contributed by atoms with van der Waals surface area (Å²) in [6.45, 7) is 4.85. The second kappa shape index (κ2) is 3.56. The highest BCUT2D eigenvalue weighted by molar-refractivity contribution is 6.01. The van der Waals surface area contributed by atoms with Crippen LogP contribution < -0.4 is 5.32 Å². The molecule has 0 saturated heterocycles. The lowest BCUT2D eigenvalue weighted by molar-refractivity contribution is -0.157. The molecular formula is C8H15NO3. The van der Waals surface area contributed by atoms with Crippen molar-refractivity contribution in [1.82, 2.24) is 5.32 Å². The van der Waals surface area contributed by atoms with E-state index in [0.717, 1.165) is 0 Å². The summed E-state index contributed by atoms with van der Waals surface area (Å²) < 4.78 is 0. The third-order valence-electron chi connectivity index (χ3n) is 2.30. The summed E-state index contributed by atoms with van der Waals surface area (Å²) in [5.74, 6) is -1.77. The number of hydrogen-bond acceptors (Lipinski definition) is 2. The van der Waals surface area contributed by atoms with Crippen LogP contribution in [-0.4, -0.2) is 24.0 Å². The molecule has 0 aromatic heterocycles. The molecular weight excluding hydrogens is 158 g/mol. The Balaban J connectivity index is 4.87. The van der Waals surface area contributed by atoms with Gasteiger partial charge in [0.25, 0.3) is 0 Å². The fraction of sp³-hybridized carbons (Fsp3) is 0.750. The number of amides is 1. The van der Waals surface area contributed by atoms with Crippen molar-refractivity contribution in [2.45, 2.75) is 20.8 Å². The molecule has 0 aliphatic carbocycles. The molecule has 70 valence electrons. The average Bonchev–Trinajstić information content (AvgIpc) is 2.00. The van der Waals surface area contributed by atoms with Crippen LogP contribution >= 0.6 is 0 Å². The third kappa shape index (κ3) is 1.57. The minimum atomic E-state index is -1.32. The number of carboxylic acid groups (broad SMARTS) is 1. The van der Waals surface area contributed by atoms with E-state index in [1.165, 1.54) is 14.0 Å². The lowest BCUT2D eigenvalue weighted by Crippen LogP contribution is -2.46. The van der Waals surface area contributed by atoms with Crippen molar-refractivity contribution in [3.63, 3.8) is 0 Å². The standard InChI is InChI=1S/C8H15NO3/c1-5(2)8(3,7(11)12)6(10)9-4/h5H,1-4H3,(H,9,10)(H,11,12). The fourth-order valence-corrected chi connectivity index (χ4v) is 0.866. The number of aliphatic carboxylic acids is 1. The predicted molar refractivity (Wildman–Crippen MR) is 44.6 cm³/mol. The summed E-state index contributed by atoms with van der Waals surface area (Å²) >= 11 is 0. The lowest BCUT2D eigenvalue weighted by Gasteiger charge is -2.26. The summed E-state index contributed by atoms with van der Waals surface area (Å²) in [5, 5.41) is 11.2. The number of carbonyl (C=O) groups is 2. The maximum atomic E-state index is 11.2. The number of carbonyl (C=O) groups excluding carboxylic acids is 1. The molecule has 2 N–H and O–H groups in total. The van der Waals surface area contributed by atoms with E-state index in [9.17, 15) is 9.59 Å². The van der Waals surface area contributed by atoms with E-state index in [-0.39, 0.29) is 5.92 Å². The molecule has 0 rings (SSSR count). The van der Waals surface area contributed by atoms with Crippen LogP contribution in [0.4, 0.5) is 0 Å². The first kappa shape index (κ1) is 10.9. The zero-order valence-corrected chi connectivity index (χ0v) is 7.84. The number of hydrogen-bond donors (Lipinski definition) is 2. The topological polar surface area (TPSA) is 66.4 Å². The normalized spacial score (nSPS) is 15.4. The van der Waals surface area contributed by atoms with Crippen molar-refractivity contribution < 1.29 is 14.7 Å². The quantitative estimate of drug-likeness (QED) is 0.610. The molecule has 4 nitrogen and oxygen atoms in total. The first-order valence-corrected chi connectivity index (χ1v) is 3.83. The maximum Gasteiger partial charge on any atom is 0.319 e. The van der Waals surface area contributed by atoms with Crippen LogP contribution in [0.25, 0.3) is 0 Å². The molecule has 12 heavy (non-hydrogen) atoms. The molecule has 4 heteroatoms. The predicted octanol–water partition coefficient (Wildman–Crippen LogP) is 0.479. The van der Waals surface area contributed by atoms with Crippen molar-refractivity contribution in [1.29, 1.82) is 0 Å². The van der Waals surface area contributed by atoms with Crippen LogP contribution in [0.1, 0.15) is 20.8 Å². The van der Waals surface area contributed by atoms with Crippen LogP contribution in [0.5, 0.6) is 0 Å². The minimum absolute atomic E-state index is 0.227. The number of rotatable bonds is 3. The van der Waals surface area contributed by atoms with E-state index < -0.39 is 17.3 Å². The minimum Gasteiger partial charge on any atom is -0.480 e. The molecule has 0 aliphatic heterocycles. The Labute approximate surface area is 72.0 Å². The van der Waals surface area contributed by atoms with Gasteiger partial charge in [0.15, 0.2) is 0 Å². The zero-order chi connectivity index (χ0) is 9.94. The van der Waals surface area contributed by atoms with Gasteiger partial charge < -0.3 is 10.4 Å². The smallest absolute Gasteiger partial charge is 0.319 e. The summed E-state index contributed by atoms with van der Waals surface area (Å²) in [6.07, 6.45) is 0. The van der Waals surface area contributed by atoms with Gasteiger partial charge in [-0.2, -0.15) is 0 Å². The molecule has 0 saturated carbocycles. The van der Waals surface area contributed by atoms with Gasteiger partial charge >= 0.3 is 5.97 Å². The molecule has 0 aliphatic rings. The Morgan fingerprint density at radius 3 is 1.92 bits per heavy atom. The van der Waals surface area contributed by atoms with Crippen LogP contribution in [0.2, 0.25) is 0 Å². The Bertz CT molecular complexity index is 200. The van der Waals surface area contributed by atoms with Gasteiger partial charge in [-0.05, 0) is 12.8 Å². The summed E-state index contributed by atoms with van der Waals surface area (Å²) in [7, 11) is 1.44. The third-order valence-corrected chi connectivity index (χ3v) is 2.30. The zero-order valence-electron chi connectivity index (χ0n) is 7.84. The SMILES string of the molecule is CNC(=O)C(C)(C(=O)O)C(C)C. The van der Waals surface area contributed by atoms with Gasteiger partial charge in [-0.3, -0.25) is 9.59 Å².